The number of nitro groups is 1. The molecule has 9 nitrogen and oxygen atoms in total. The summed E-state index contributed by atoms with van der Waals surface area (Å²) in [5.41, 5.74) is 0.789. The topological polar surface area (TPSA) is 117 Å². The third-order valence-corrected chi connectivity index (χ3v) is 4.97. The van der Waals surface area contributed by atoms with Gasteiger partial charge in [0.25, 0.3) is 11.6 Å². The van der Waals surface area contributed by atoms with Gasteiger partial charge in [-0.2, -0.15) is 0 Å². The summed E-state index contributed by atoms with van der Waals surface area (Å²) in [5, 5.41) is 20.2. The maximum Gasteiger partial charge on any atom is 0.286 e. The number of ether oxygens (including phenoxy) is 2. The molecule has 1 heterocycles. The number of aromatic nitrogens is 1. The van der Waals surface area contributed by atoms with Gasteiger partial charge >= 0.3 is 0 Å². The van der Waals surface area contributed by atoms with Crippen LogP contribution in [0.25, 0.3) is 22.1 Å². The van der Waals surface area contributed by atoms with E-state index in [1.165, 1.54) is 20.3 Å². The van der Waals surface area contributed by atoms with Crippen LogP contribution in [0.3, 0.4) is 0 Å². The number of carbonyl (C=O) groups is 1. The van der Waals surface area contributed by atoms with Crippen molar-refractivity contribution in [2.45, 2.75) is 6.54 Å². The summed E-state index contributed by atoms with van der Waals surface area (Å²) in [5.74, 6) is 0.278. The first kappa shape index (κ1) is 20.9. The van der Waals surface area contributed by atoms with E-state index < -0.39 is 16.5 Å². The first-order valence-electron chi connectivity index (χ1n) is 9.63. The lowest BCUT2D eigenvalue weighted by Gasteiger charge is -2.10. The fourth-order valence-corrected chi connectivity index (χ4v) is 3.34. The van der Waals surface area contributed by atoms with Gasteiger partial charge in [0.1, 0.15) is 11.3 Å². The summed E-state index contributed by atoms with van der Waals surface area (Å²) >= 11 is 0. The summed E-state index contributed by atoms with van der Waals surface area (Å²) in [7, 11) is 2.74. The molecule has 1 aromatic heterocycles. The number of rotatable bonds is 7. The fraction of sp³-hybridized carbons (Fsp3) is 0.130. The molecule has 0 spiro atoms. The number of nitrogens with zero attached hydrogens (tertiary/aromatic N) is 2. The molecule has 9 heteroatoms. The molecule has 3 aromatic carbocycles. The second-order valence-corrected chi connectivity index (χ2v) is 6.91. The lowest BCUT2D eigenvalue weighted by Crippen LogP contribution is -2.24. The molecule has 4 aromatic rings. The van der Waals surface area contributed by atoms with Crippen LogP contribution in [0.4, 0.5) is 5.69 Å². The van der Waals surface area contributed by atoms with Crippen LogP contribution in [-0.4, -0.2) is 30.2 Å². The van der Waals surface area contributed by atoms with Crippen LogP contribution in [0.5, 0.6) is 11.5 Å². The first-order chi connectivity index (χ1) is 15.5. The Morgan fingerprint density at radius 3 is 2.47 bits per heavy atom. The Bertz CT molecular complexity index is 1310. The number of benzene rings is 3. The minimum atomic E-state index is -0.648. The van der Waals surface area contributed by atoms with Gasteiger partial charge in [0.05, 0.1) is 31.8 Å². The normalized spacial score (nSPS) is 10.7. The van der Waals surface area contributed by atoms with Crippen molar-refractivity contribution in [1.82, 2.24) is 10.5 Å². The van der Waals surface area contributed by atoms with Crippen LogP contribution >= 0.6 is 0 Å². The fourth-order valence-electron chi connectivity index (χ4n) is 3.34. The van der Waals surface area contributed by atoms with E-state index in [4.69, 9.17) is 14.0 Å². The molecule has 0 saturated carbocycles. The highest BCUT2D eigenvalue weighted by Crippen LogP contribution is 2.34. The largest absolute Gasteiger partial charge is 0.493 e. The van der Waals surface area contributed by atoms with Crippen molar-refractivity contribution in [3.8, 4) is 22.8 Å². The third kappa shape index (κ3) is 4.08. The Kier molecular flexibility index (Phi) is 5.71. The third-order valence-electron chi connectivity index (χ3n) is 4.97. The zero-order chi connectivity index (χ0) is 22.7. The SMILES string of the molecule is COc1cc(C(=O)NCc2cc(-c3ccc4ccccc4c3)on2)c([N+](=O)[O-])cc1OC. The Morgan fingerprint density at radius 1 is 1.03 bits per heavy atom. The molecule has 0 bridgehead atoms. The number of methoxy groups -OCH3 is 2. The zero-order valence-corrected chi connectivity index (χ0v) is 17.3. The zero-order valence-electron chi connectivity index (χ0n) is 17.3. The molecule has 0 aliphatic heterocycles. The summed E-state index contributed by atoms with van der Waals surface area (Å²) < 4.78 is 15.7. The summed E-state index contributed by atoms with van der Waals surface area (Å²) in [6.07, 6.45) is 0. The van der Waals surface area contributed by atoms with Gasteiger partial charge in [0.15, 0.2) is 17.3 Å². The predicted molar refractivity (Wildman–Crippen MR) is 117 cm³/mol. The number of hydrogen-bond acceptors (Lipinski definition) is 7. The molecule has 0 unspecified atom stereocenters. The highest BCUT2D eigenvalue weighted by atomic mass is 16.6. The van der Waals surface area contributed by atoms with Crippen LogP contribution in [0.2, 0.25) is 0 Å². The Hall–Kier alpha value is -4.40. The van der Waals surface area contributed by atoms with E-state index in [0.717, 1.165) is 22.4 Å². The van der Waals surface area contributed by atoms with Crippen LogP contribution < -0.4 is 14.8 Å². The minimum Gasteiger partial charge on any atom is -0.493 e. The average molecular weight is 433 g/mol. The minimum absolute atomic E-state index is 0.0292. The summed E-state index contributed by atoms with van der Waals surface area (Å²) in [6, 6.07) is 18.0. The number of nitrogens with one attached hydrogen (secondary N) is 1. The van der Waals surface area contributed by atoms with E-state index in [0.29, 0.717) is 11.5 Å². The second kappa shape index (κ2) is 8.76. The number of fused-ring (bicyclic) bond motifs is 1. The highest BCUT2D eigenvalue weighted by molar-refractivity contribution is 5.99. The van der Waals surface area contributed by atoms with E-state index in [2.05, 4.69) is 10.5 Å². The maximum absolute atomic E-state index is 12.7. The monoisotopic (exact) mass is 433 g/mol. The first-order valence-corrected chi connectivity index (χ1v) is 9.63. The van der Waals surface area contributed by atoms with Crippen LogP contribution in [-0.2, 0) is 6.54 Å². The van der Waals surface area contributed by atoms with Crippen LogP contribution in [0.1, 0.15) is 16.1 Å². The quantitative estimate of drug-likeness (QED) is 0.340. The van der Waals surface area contributed by atoms with E-state index in [-0.39, 0.29) is 23.6 Å². The van der Waals surface area contributed by atoms with Crippen LogP contribution in [0.15, 0.2) is 65.2 Å². The van der Waals surface area contributed by atoms with Crippen molar-refractivity contribution in [3.05, 3.63) is 82.0 Å². The molecule has 0 radical (unpaired) electrons. The average Bonchev–Trinajstić information content (AvgIpc) is 3.30. The van der Waals surface area contributed by atoms with Gasteiger partial charge < -0.3 is 19.3 Å². The van der Waals surface area contributed by atoms with Crippen molar-refractivity contribution < 1.29 is 23.7 Å². The standard InChI is InChI=1S/C23H19N3O6/c1-30-21-11-18(19(26(28)29)12-22(21)31-2)23(27)24-13-17-10-20(32-25-17)16-8-7-14-5-3-4-6-15(14)9-16/h3-12H,13H2,1-2H3,(H,24,27). The molecule has 1 amide bonds. The molecule has 0 fully saturated rings. The van der Waals surface area contributed by atoms with Crippen molar-refractivity contribution >= 4 is 22.4 Å². The summed E-state index contributed by atoms with van der Waals surface area (Å²) in [4.78, 5) is 23.4. The van der Waals surface area contributed by atoms with E-state index in [9.17, 15) is 14.9 Å². The number of amides is 1. The van der Waals surface area contributed by atoms with Crippen molar-refractivity contribution in [2.24, 2.45) is 0 Å². The predicted octanol–water partition coefficient (Wildman–Crippen LogP) is 4.35. The second-order valence-electron chi connectivity index (χ2n) is 6.91. The van der Waals surface area contributed by atoms with E-state index in [1.807, 2.05) is 42.5 Å². The Balaban J connectivity index is 1.52. The van der Waals surface area contributed by atoms with Crippen molar-refractivity contribution in [1.29, 1.82) is 0 Å². The molecular weight excluding hydrogens is 414 g/mol. The molecule has 0 atom stereocenters. The molecule has 0 aliphatic carbocycles. The lowest BCUT2D eigenvalue weighted by molar-refractivity contribution is -0.385. The maximum atomic E-state index is 12.7. The lowest BCUT2D eigenvalue weighted by atomic mass is 10.1. The molecule has 4 rings (SSSR count). The van der Waals surface area contributed by atoms with Gasteiger partial charge in [-0.05, 0) is 16.8 Å². The molecule has 32 heavy (non-hydrogen) atoms. The summed E-state index contributed by atoms with van der Waals surface area (Å²) in [6.45, 7) is 0.0292. The highest BCUT2D eigenvalue weighted by Gasteiger charge is 2.24. The molecular formula is C23H19N3O6. The Morgan fingerprint density at radius 2 is 1.75 bits per heavy atom. The number of nitro benzene ring substituents is 1. The van der Waals surface area contributed by atoms with Gasteiger partial charge in [-0.15, -0.1) is 0 Å². The number of hydrogen-bond donors (Lipinski definition) is 1. The van der Waals surface area contributed by atoms with E-state index in [1.54, 1.807) is 6.07 Å². The van der Waals surface area contributed by atoms with Crippen LogP contribution in [0, 0.1) is 10.1 Å². The van der Waals surface area contributed by atoms with Gasteiger partial charge in [-0.3, -0.25) is 14.9 Å². The number of carbonyl (C=O) groups excluding carboxylic acids is 1. The molecule has 1 N–H and O–H groups in total. The van der Waals surface area contributed by atoms with E-state index >= 15 is 0 Å². The van der Waals surface area contributed by atoms with Gasteiger partial charge in [-0.1, -0.05) is 41.6 Å². The Labute approximate surface area is 182 Å². The van der Waals surface area contributed by atoms with Gasteiger partial charge in [0.2, 0.25) is 0 Å². The molecule has 0 aliphatic rings. The molecule has 162 valence electrons. The van der Waals surface area contributed by atoms with Gasteiger partial charge in [-0.25, -0.2) is 0 Å². The molecule has 0 saturated heterocycles. The van der Waals surface area contributed by atoms with Gasteiger partial charge in [0, 0.05) is 17.7 Å². The smallest absolute Gasteiger partial charge is 0.286 e. The van der Waals surface area contributed by atoms with Crippen molar-refractivity contribution in [3.63, 3.8) is 0 Å². The van der Waals surface area contributed by atoms with Crippen molar-refractivity contribution in [2.75, 3.05) is 14.2 Å².